The molecule has 180 valence electrons. The lowest BCUT2D eigenvalue weighted by molar-refractivity contribution is -0.0150. The predicted molar refractivity (Wildman–Crippen MR) is 147 cm³/mol. The molecule has 0 N–H and O–H groups in total. The van der Waals surface area contributed by atoms with Gasteiger partial charge >= 0.3 is 5.97 Å². The van der Waals surface area contributed by atoms with Crippen LogP contribution in [0.2, 0.25) is 0 Å². The predicted octanol–water partition coefficient (Wildman–Crippen LogP) is 5.23. The van der Waals surface area contributed by atoms with Crippen molar-refractivity contribution in [3.8, 4) is 0 Å². The van der Waals surface area contributed by atoms with Crippen molar-refractivity contribution in [3.05, 3.63) is 126 Å². The van der Waals surface area contributed by atoms with Crippen molar-refractivity contribution in [3.63, 3.8) is 0 Å². The van der Waals surface area contributed by atoms with Crippen molar-refractivity contribution < 1.29 is 14.3 Å². The Bertz CT molecular complexity index is 1310. The van der Waals surface area contributed by atoms with Crippen molar-refractivity contribution in [2.24, 2.45) is 4.99 Å². The second-order valence-electron chi connectivity index (χ2n) is 9.14. The number of rotatable bonds is 7. The molecule has 1 atom stereocenters. The Morgan fingerprint density at radius 3 is 1.94 bits per heavy atom. The average Bonchev–Trinajstić information content (AvgIpc) is 3.42. The number of benzene rings is 4. The summed E-state index contributed by atoms with van der Waals surface area (Å²) in [6, 6.07) is 38.2. The third-order valence-electron chi connectivity index (χ3n) is 6.22. The van der Waals surface area contributed by atoms with Crippen LogP contribution >= 0.6 is 7.92 Å². The molecule has 0 radical (unpaired) electrons. The van der Waals surface area contributed by atoms with Gasteiger partial charge in [0.15, 0.2) is 0 Å². The molecule has 0 saturated carbocycles. The topological polar surface area (TPSA) is 47.9 Å². The molecule has 0 amide bonds. The van der Waals surface area contributed by atoms with Crippen molar-refractivity contribution in [1.82, 2.24) is 0 Å². The molecule has 36 heavy (non-hydrogen) atoms. The summed E-state index contributed by atoms with van der Waals surface area (Å²) in [7, 11) is -0.816. The Morgan fingerprint density at radius 2 is 1.33 bits per heavy atom. The SMILES string of the molecule is CC(C)(OC(=O)c1ccccc1)[C@H]1COC(c2ccccc2P(c2ccccc2)c2ccccc2)=N1. The number of nitrogens with zero attached hydrogens (tertiary/aromatic N) is 1. The molecular weight excluding hydrogens is 465 g/mol. The second-order valence-corrected chi connectivity index (χ2v) is 11.3. The summed E-state index contributed by atoms with van der Waals surface area (Å²) in [4.78, 5) is 17.7. The monoisotopic (exact) mass is 493 g/mol. The fourth-order valence-electron chi connectivity index (χ4n) is 4.25. The van der Waals surface area contributed by atoms with E-state index in [9.17, 15) is 4.79 Å². The number of carbonyl (C=O) groups excluding carboxylic acids is 1. The summed E-state index contributed by atoms with van der Waals surface area (Å²) in [5.41, 5.74) is 0.673. The van der Waals surface area contributed by atoms with Gasteiger partial charge in [0.1, 0.15) is 18.2 Å². The summed E-state index contributed by atoms with van der Waals surface area (Å²) in [6.45, 7) is 4.13. The van der Waals surface area contributed by atoms with Crippen LogP contribution in [0.3, 0.4) is 0 Å². The van der Waals surface area contributed by atoms with Crippen LogP contribution in [-0.2, 0) is 9.47 Å². The molecule has 1 aliphatic rings. The summed E-state index contributed by atoms with van der Waals surface area (Å²) in [5.74, 6) is 0.236. The van der Waals surface area contributed by atoms with Gasteiger partial charge in [-0.25, -0.2) is 9.79 Å². The van der Waals surface area contributed by atoms with Gasteiger partial charge in [0.2, 0.25) is 5.90 Å². The Morgan fingerprint density at radius 1 is 0.806 bits per heavy atom. The normalized spacial score (nSPS) is 15.3. The zero-order chi connectivity index (χ0) is 25.0. The van der Waals surface area contributed by atoms with Gasteiger partial charge in [0.25, 0.3) is 0 Å². The maximum atomic E-state index is 12.7. The maximum Gasteiger partial charge on any atom is 0.338 e. The second kappa shape index (κ2) is 10.5. The van der Waals surface area contributed by atoms with Gasteiger partial charge in [-0.05, 0) is 55.9 Å². The lowest BCUT2D eigenvalue weighted by atomic mass is 10.00. The standard InChI is InChI=1S/C31H28NO3P/c1-31(2,35-30(33)23-14-6-3-7-15-23)28-22-34-29(32-28)26-20-12-13-21-27(26)36(24-16-8-4-9-17-24)25-18-10-5-11-19-25/h3-21,28H,22H2,1-2H3/t28-/m1/s1. The molecule has 5 heteroatoms. The molecular formula is C31H28NO3P. The van der Waals surface area contributed by atoms with Gasteiger partial charge < -0.3 is 9.47 Å². The van der Waals surface area contributed by atoms with E-state index in [0.717, 1.165) is 5.56 Å². The van der Waals surface area contributed by atoms with Crippen LogP contribution in [0.4, 0.5) is 0 Å². The van der Waals surface area contributed by atoms with E-state index < -0.39 is 13.5 Å². The highest BCUT2D eigenvalue weighted by atomic mass is 31.1. The molecule has 4 nitrogen and oxygen atoms in total. The average molecular weight is 494 g/mol. The van der Waals surface area contributed by atoms with Gasteiger partial charge in [0, 0.05) is 5.56 Å². The maximum absolute atomic E-state index is 12.7. The van der Waals surface area contributed by atoms with E-state index in [4.69, 9.17) is 14.5 Å². The number of hydrogen-bond donors (Lipinski definition) is 0. The van der Waals surface area contributed by atoms with Crippen molar-refractivity contribution in [1.29, 1.82) is 0 Å². The molecule has 0 aliphatic carbocycles. The lowest BCUT2D eigenvalue weighted by Gasteiger charge is -2.28. The van der Waals surface area contributed by atoms with Crippen molar-refractivity contribution >= 4 is 35.7 Å². The lowest BCUT2D eigenvalue weighted by Crippen LogP contribution is -2.40. The van der Waals surface area contributed by atoms with Crippen LogP contribution in [0.15, 0.2) is 120 Å². The largest absolute Gasteiger partial charge is 0.475 e. The zero-order valence-electron chi connectivity index (χ0n) is 20.4. The van der Waals surface area contributed by atoms with E-state index in [0.29, 0.717) is 18.1 Å². The molecule has 0 aromatic heterocycles. The van der Waals surface area contributed by atoms with Crippen molar-refractivity contribution in [2.45, 2.75) is 25.5 Å². The van der Waals surface area contributed by atoms with E-state index in [2.05, 4.69) is 66.7 Å². The van der Waals surface area contributed by atoms with Gasteiger partial charge in [-0.1, -0.05) is 97.1 Å². The molecule has 4 aromatic carbocycles. The molecule has 0 spiro atoms. The summed E-state index contributed by atoms with van der Waals surface area (Å²) < 4.78 is 12.0. The van der Waals surface area contributed by atoms with Gasteiger partial charge in [0.05, 0.1) is 5.56 Å². The third-order valence-corrected chi connectivity index (χ3v) is 8.72. The number of carbonyl (C=O) groups is 1. The first-order chi connectivity index (χ1) is 17.5. The number of ether oxygens (including phenoxy) is 2. The van der Waals surface area contributed by atoms with Crippen LogP contribution in [0.1, 0.15) is 29.8 Å². The van der Waals surface area contributed by atoms with E-state index in [1.807, 2.05) is 50.2 Å². The van der Waals surface area contributed by atoms with E-state index >= 15 is 0 Å². The molecule has 1 aliphatic heterocycles. The molecule has 0 bridgehead atoms. The first-order valence-electron chi connectivity index (χ1n) is 12.0. The molecule has 0 unspecified atom stereocenters. The number of aliphatic imine (C=N–C) groups is 1. The van der Waals surface area contributed by atoms with Gasteiger partial charge in [-0.2, -0.15) is 0 Å². The first-order valence-corrected chi connectivity index (χ1v) is 13.4. The van der Waals surface area contributed by atoms with Crippen LogP contribution in [0.5, 0.6) is 0 Å². The van der Waals surface area contributed by atoms with Crippen LogP contribution in [0.25, 0.3) is 0 Å². The smallest absolute Gasteiger partial charge is 0.338 e. The van der Waals surface area contributed by atoms with Crippen LogP contribution in [-0.4, -0.2) is 30.1 Å². The minimum atomic E-state index is -0.826. The first kappa shape index (κ1) is 24.0. The van der Waals surface area contributed by atoms with E-state index in [1.54, 1.807) is 12.1 Å². The van der Waals surface area contributed by atoms with Crippen molar-refractivity contribution in [2.75, 3.05) is 6.61 Å². The highest BCUT2D eigenvalue weighted by Gasteiger charge is 2.39. The van der Waals surface area contributed by atoms with E-state index in [-0.39, 0.29) is 12.0 Å². The minimum Gasteiger partial charge on any atom is -0.475 e. The van der Waals surface area contributed by atoms with Gasteiger partial charge in [-0.3, -0.25) is 0 Å². The van der Waals surface area contributed by atoms with Gasteiger partial charge in [-0.15, -0.1) is 0 Å². The third kappa shape index (κ3) is 5.10. The Kier molecular flexibility index (Phi) is 6.97. The van der Waals surface area contributed by atoms with E-state index in [1.165, 1.54) is 15.9 Å². The number of esters is 1. The summed E-state index contributed by atoms with van der Waals surface area (Å²) in [5, 5.41) is 3.71. The fraction of sp³-hybridized carbons (Fsp3) is 0.161. The Balaban J connectivity index is 1.48. The van der Waals surface area contributed by atoms with Crippen LogP contribution in [0, 0.1) is 0 Å². The molecule has 0 fully saturated rings. The fourth-order valence-corrected chi connectivity index (χ4v) is 6.69. The Hall–Kier alpha value is -3.75. The zero-order valence-corrected chi connectivity index (χ0v) is 21.3. The minimum absolute atomic E-state index is 0.312. The number of hydrogen-bond acceptors (Lipinski definition) is 4. The molecule has 1 heterocycles. The molecule has 4 aromatic rings. The molecule has 0 saturated heterocycles. The quantitative estimate of drug-likeness (QED) is 0.262. The molecule has 5 rings (SSSR count). The van der Waals surface area contributed by atoms with Crippen LogP contribution < -0.4 is 15.9 Å². The summed E-state index contributed by atoms with van der Waals surface area (Å²) >= 11 is 0. The summed E-state index contributed by atoms with van der Waals surface area (Å²) in [6.07, 6.45) is 0. The highest BCUT2D eigenvalue weighted by Crippen LogP contribution is 2.35. The highest BCUT2D eigenvalue weighted by molar-refractivity contribution is 7.80. The Labute approximate surface area is 213 Å².